The first kappa shape index (κ1) is 19.1. The fourth-order valence-electron chi connectivity index (χ4n) is 1.36. The molecule has 5 unspecified atom stereocenters. The zero-order chi connectivity index (χ0) is 15.7. The van der Waals surface area contributed by atoms with Crippen LogP contribution in [-0.4, -0.2) is 68.6 Å². The van der Waals surface area contributed by atoms with E-state index in [1.165, 1.54) is 0 Å². The van der Waals surface area contributed by atoms with E-state index >= 15 is 0 Å². The summed E-state index contributed by atoms with van der Waals surface area (Å²) in [6.07, 6.45) is -7.48. The van der Waals surface area contributed by atoms with Crippen LogP contribution in [0.5, 0.6) is 0 Å². The van der Waals surface area contributed by atoms with Crippen molar-refractivity contribution in [3.05, 3.63) is 0 Å². The molecule has 5 atom stereocenters. The number of ether oxygens (including phenoxy) is 1. The third kappa shape index (κ3) is 6.05. The molecule has 0 aromatic rings. The van der Waals surface area contributed by atoms with Crippen LogP contribution < -0.4 is 0 Å². The minimum absolute atomic E-state index is 0.385. The number of hydrogen-bond donors (Lipinski definition) is 5. The number of carbonyl (C=O) groups is 1. The summed E-state index contributed by atoms with van der Waals surface area (Å²) < 4.78 is 4.82. The number of esters is 1. The molecule has 0 radical (unpaired) electrons. The summed E-state index contributed by atoms with van der Waals surface area (Å²) in [4.78, 5) is 11.6. The molecule has 8 heteroatoms. The third-order valence-electron chi connectivity index (χ3n) is 2.52. The molecule has 0 aliphatic heterocycles. The lowest BCUT2D eigenvalue weighted by Crippen LogP contribution is -2.49. The highest BCUT2D eigenvalue weighted by Gasteiger charge is 2.35. The Balaban J connectivity index is 4.62. The predicted octanol–water partition coefficient (Wildman–Crippen LogP) is -1.67. The molecule has 0 heterocycles. The van der Waals surface area contributed by atoms with Gasteiger partial charge in [0.2, 0.25) is 0 Å². The van der Waals surface area contributed by atoms with Gasteiger partial charge in [-0.3, -0.25) is 0 Å². The molecule has 0 bridgehead atoms. The lowest BCUT2D eigenvalue weighted by atomic mass is 10.0. The smallest absolute Gasteiger partial charge is 0.339 e. The van der Waals surface area contributed by atoms with Crippen molar-refractivity contribution >= 4 is 17.6 Å². The van der Waals surface area contributed by atoms with E-state index < -0.39 is 43.1 Å². The topological polar surface area (TPSA) is 127 Å². The van der Waals surface area contributed by atoms with Crippen LogP contribution in [0.25, 0.3) is 0 Å². The summed E-state index contributed by atoms with van der Waals surface area (Å²) in [5, 5.41) is 48.2. The number of aliphatic hydroxyl groups is 5. The zero-order valence-corrected chi connectivity index (χ0v) is 11.7. The molecule has 0 fully saturated rings. The number of rotatable bonds is 8. The fourth-order valence-corrected chi connectivity index (χ4v) is 1.48. The Kier molecular flexibility index (Phi) is 9.50. The van der Waals surface area contributed by atoms with Crippen molar-refractivity contribution in [2.45, 2.75) is 50.3 Å². The maximum absolute atomic E-state index is 11.6. The molecule has 0 aromatic heterocycles. The van der Waals surface area contributed by atoms with E-state index in [0.29, 0.717) is 12.8 Å². The molecular weight excluding hydrogens is 292 g/mol. The summed E-state index contributed by atoms with van der Waals surface area (Å²) >= 11 is 5.20. The molecule has 5 N–H and O–H groups in total. The molecule has 0 aliphatic carbocycles. The van der Waals surface area contributed by atoms with Crippen molar-refractivity contribution < 1.29 is 35.1 Å². The first-order valence-corrected chi connectivity index (χ1v) is 6.41. The number of hydrogen-bond acceptors (Lipinski definition) is 7. The summed E-state index contributed by atoms with van der Waals surface area (Å²) in [7, 11) is 0. The van der Waals surface area contributed by atoms with E-state index in [1.807, 2.05) is 6.92 Å². The summed E-state index contributed by atoms with van der Waals surface area (Å²) in [6, 6.07) is 0. The van der Waals surface area contributed by atoms with E-state index in [0.717, 1.165) is 0 Å². The molecule has 0 saturated carbocycles. The molecule has 0 aliphatic rings. The average molecular weight is 311 g/mol. The first-order valence-electron chi connectivity index (χ1n) is 6.03. The van der Waals surface area contributed by atoms with E-state index in [2.05, 4.69) is 11.3 Å². The minimum atomic E-state index is -2.08. The molecule has 7 nitrogen and oxygen atoms in total. The van der Waals surface area contributed by atoms with Crippen LogP contribution >= 0.6 is 11.6 Å². The maximum atomic E-state index is 11.6. The van der Waals surface area contributed by atoms with Gasteiger partial charge in [0.1, 0.15) is 18.3 Å². The molecule has 20 heavy (non-hydrogen) atoms. The Bertz CT molecular complexity index is 351. The largest absolute Gasteiger partial charge is 0.447 e. The molecular formula is C12H19ClO7. The van der Waals surface area contributed by atoms with Crippen molar-refractivity contribution in [3.63, 3.8) is 0 Å². The van der Waals surface area contributed by atoms with Crippen LogP contribution in [-0.2, 0) is 9.53 Å². The van der Waals surface area contributed by atoms with Crippen LogP contribution in [0.3, 0.4) is 0 Å². The lowest BCUT2D eigenvalue weighted by Gasteiger charge is -2.25. The summed E-state index contributed by atoms with van der Waals surface area (Å²) in [5.74, 6) is 1.19. The third-order valence-corrected chi connectivity index (χ3v) is 2.63. The van der Waals surface area contributed by atoms with Gasteiger partial charge in [0.15, 0.2) is 12.2 Å². The lowest BCUT2D eigenvalue weighted by molar-refractivity contribution is -0.173. The van der Waals surface area contributed by atoms with Gasteiger partial charge < -0.3 is 30.3 Å². The maximum Gasteiger partial charge on any atom is 0.339 e. The van der Waals surface area contributed by atoms with Crippen LogP contribution in [0.4, 0.5) is 0 Å². The Morgan fingerprint density at radius 1 is 1.25 bits per heavy atom. The highest BCUT2D eigenvalue weighted by atomic mass is 35.5. The van der Waals surface area contributed by atoms with Crippen molar-refractivity contribution in [2.24, 2.45) is 0 Å². The van der Waals surface area contributed by atoms with Gasteiger partial charge in [-0.2, -0.15) is 0 Å². The Morgan fingerprint density at radius 3 is 2.30 bits per heavy atom. The SMILES string of the molecule is CCCC(C#CCl)OC(=O)C(O)C(O)C(O)C(O)CO. The van der Waals surface area contributed by atoms with E-state index in [4.69, 9.17) is 26.6 Å². The van der Waals surface area contributed by atoms with Gasteiger partial charge in [-0.15, -0.1) is 0 Å². The number of halogens is 1. The Labute approximate surface area is 121 Å². The summed E-state index contributed by atoms with van der Waals surface area (Å²) in [6.45, 7) is 0.986. The number of carbonyl (C=O) groups excluding carboxylic acids is 1. The van der Waals surface area contributed by atoms with Gasteiger partial charge in [0.25, 0.3) is 0 Å². The van der Waals surface area contributed by atoms with Crippen LogP contribution in [0, 0.1) is 11.3 Å². The molecule has 0 aromatic carbocycles. The Hall–Kier alpha value is -0.880. The predicted molar refractivity (Wildman–Crippen MR) is 69.5 cm³/mol. The molecule has 0 rings (SSSR count). The van der Waals surface area contributed by atoms with E-state index in [-0.39, 0.29) is 0 Å². The fraction of sp³-hybridized carbons (Fsp3) is 0.750. The quantitative estimate of drug-likeness (QED) is 0.268. The molecule has 0 saturated heterocycles. The molecule has 0 amide bonds. The van der Waals surface area contributed by atoms with Crippen molar-refractivity contribution in [2.75, 3.05) is 6.61 Å². The van der Waals surface area contributed by atoms with Crippen molar-refractivity contribution in [1.29, 1.82) is 0 Å². The van der Waals surface area contributed by atoms with Gasteiger partial charge in [0, 0.05) is 5.38 Å². The second-order valence-corrected chi connectivity index (χ2v) is 4.32. The monoisotopic (exact) mass is 310 g/mol. The second-order valence-electron chi connectivity index (χ2n) is 4.13. The first-order chi connectivity index (χ1) is 9.38. The second kappa shape index (κ2) is 9.94. The zero-order valence-electron chi connectivity index (χ0n) is 10.9. The van der Waals surface area contributed by atoms with Gasteiger partial charge in [-0.1, -0.05) is 13.3 Å². The highest BCUT2D eigenvalue weighted by molar-refractivity contribution is 6.30. The van der Waals surface area contributed by atoms with Gasteiger partial charge in [-0.25, -0.2) is 4.79 Å². The van der Waals surface area contributed by atoms with Gasteiger partial charge in [-0.05, 0) is 23.9 Å². The molecule has 0 spiro atoms. The van der Waals surface area contributed by atoms with Crippen molar-refractivity contribution in [3.8, 4) is 11.3 Å². The average Bonchev–Trinajstić information content (AvgIpc) is 2.44. The highest BCUT2D eigenvalue weighted by Crippen LogP contribution is 2.09. The van der Waals surface area contributed by atoms with Crippen molar-refractivity contribution in [1.82, 2.24) is 0 Å². The van der Waals surface area contributed by atoms with E-state index in [1.54, 1.807) is 0 Å². The van der Waals surface area contributed by atoms with E-state index in [9.17, 15) is 20.1 Å². The normalized spacial score (nSPS) is 18.1. The standard InChI is InChI=1S/C12H19ClO7/c1-2-3-7(4-5-13)20-12(19)11(18)10(17)9(16)8(15)6-14/h7-11,14-18H,2-3,6H2,1H3. The van der Waals surface area contributed by atoms with Gasteiger partial charge in [0.05, 0.1) is 6.61 Å². The van der Waals surface area contributed by atoms with Crippen LogP contribution in [0.2, 0.25) is 0 Å². The molecule has 116 valence electrons. The Morgan fingerprint density at radius 2 is 1.85 bits per heavy atom. The number of aliphatic hydroxyl groups excluding tert-OH is 5. The van der Waals surface area contributed by atoms with Crippen LogP contribution in [0.1, 0.15) is 19.8 Å². The summed E-state index contributed by atoms with van der Waals surface area (Å²) in [5.41, 5.74) is 0. The van der Waals surface area contributed by atoms with Gasteiger partial charge >= 0.3 is 5.97 Å². The minimum Gasteiger partial charge on any atom is -0.447 e. The van der Waals surface area contributed by atoms with Crippen LogP contribution in [0.15, 0.2) is 0 Å².